The fraction of sp³-hybridized carbons (Fsp3) is 0.435. The fourth-order valence-corrected chi connectivity index (χ4v) is 4.62. The summed E-state index contributed by atoms with van der Waals surface area (Å²) in [6, 6.07) is 16.0. The van der Waals surface area contributed by atoms with Gasteiger partial charge in [-0.15, -0.1) is 0 Å². The van der Waals surface area contributed by atoms with Gasteiger partial charge in [-0.1, -0.05) is 42.8 Å². The van der Waals surface area contributed by atoms with Crippen LogP contribution in [0, 0.1) is 5.92 Å². The van der Waals surface area contributed by atoms with Crippen LogP contribution in [0.3, 0.4) is 0 Å². The number of likely N-dealkylation sites (tertiary alicyclic amines) is 1. The summed E-state index contributed by atoms with van der Waals surface area (Å²) in [6.45, 7) is 6.32. The summed E-state index contributed by atoms with van der Waals surface area (Å²) in [5.74, 6) is 2.57. The third-order valence-electron chi connectivity index (χ3n) is 5.05. The van der Waals surface area contributed by atoms with E-state index in [4.69, 9.17) is 11.6 Å². The fourth-order valence-electron chi connectivity index (χ4n) is 3.61. The molecule has 0 radical (unpaired) electrons. The number of hydrogen-bond acceptors (Lipinski definition) is 3. The molecule has 0 unspecified atom stereocenters. The molecule has 1 fully saturated rings. The van der Waals surface area contributed by atoms with Gasteiger partial charge in [0, 0.05) is 41.7 Å². The van der Waals surface area contributed by atoms with Gasteiger partial charge < -0.3 is 5.32 Å². The molecular weight excluding hydrogens is 388 g/mol. The number of carbonyl (C=O) groups is 1. The lowest BCUT2D eigenvalue weighted by molar-refractivity contribution is 0.0956. The number of benzene rings is 2. The summed E-state index contributed by atoms with van der Waals surface area (Å²) in [5, 5.41) is 3.78. The normalized spacial score (nSPS) is 17.4. The van der Waals surface area contributed by atoms with Crippen LogP contribution >= 0.6 is 23.4 Å². The van der Waals surface area contributed by atoms with Gasteiger partial charge >= 0.3 is 0 Å². The first kappa shape index (κ1) is 21.2. The molecule has 2 aromatic rings. The summed E-state index contributed by atoms with van der Waals surface area (Å²) in [7, 11) is 0. The van der Waals surface area contributed by atoms with E-state index in [9.17, 15) is 4.79 Å². The SMILES string of the molecule is C[C@H]1CCCN(Cc2ccc(C(=O)NCCSCc3cccc(Cl)c3)cc2)C1. The van der Waals surface area contributed by atoms with Gasteiger partial charge in [-0.3, -0.25) is 9.69 Å². The molecule has 1 atom stereocenters. The lowest BCUT2D eigenvalue weighted by Gasteiger charge is -2.30. The van der Waals surface area contributed by atoms with E-state index in [1.807, 2.05) is 30.3 Å². The van der Waals surface area contributed by atoms with Gasteiger partial charge in [0.1, 0.15) is 0 Å². The van der Waals surface area contributed by atoms with Crippen molar-refractivity contribution in [1.82, 2.24) is 10.2 Å². The van der Waals surface area contributed by atoms with Crippen molar-refractivity contribution in [2.75, 3.05) is 25.4 Å². The number of hydrogen-bond donors (Lipinski definition) is 1. The number of rotatable bonds is 8. The Kier molecular flexibility index (Phi) is 8.26. The maximum atomic E-state index is 12.3. The summed E-state index contributed by atoms with van der Waals surface area (Å²) in [5.41, 5.74) is 3.22. The Bertz CT molecular complexity index is 765. The van der Waals surface area contributed by atoms with Crippen LogP contribution in [0.25, 0.3) is 0 Å². The molecule has 1 N–H and O–H groups in total. The van der Waals surface area contributed by atoms with Crippen LogP contribution in [0.1, 0.15) is 41.3 Å². The minimum atomic E-state index is 0.00139. The van der Waals surface area contributed by atoms with Gasteiger partial charge in [0.05, 0.1) is 0 Å². The van der Waals surface area contributed by atoms with Gasteiger partial charge in [-0.2, -0.15) is 11.8 Å². The van der Waals surface area contributed by atoms with Gasteiger partial charge in [0.2, 0.25) is 0 Å². The van der Waals surface area contributed by atoms with Gasteiger partial charge in [-0.05, 0) is 60.7 Å². The largest absolute Gasteiger partial charge is 0.351 e. The average Bonchev–Trinajstić information content (AvgIpc) is 2.68. The second kappa shape index (κ2) is 10.9. The monoisotopic (exact) mass is 416 g/mol. The van der Waals surface area contributed by atoms with Crippen LogP contribution < -0.4 is 5.32 Å². The van der Waals surface area contributed by atoms with E-state index in [2.05, 4.69) is 35.3 Å². The van der Waals surface area contributed by atoms with Crippen LogP contribution in [-0.2, 0) is 12.3 Å². The Morgan fingerprint density at radius 3 is 2.79 bits per heavy atom. The van der Waals surface area contributed by atoms with Crippen molar-refractivity contribution in [3.63, 3.8) is 0 Å². The molecule has 150 valence electrons. The summed E-state index contributed by atoms with van der Waals surface area (Å²) in [4.78, 5) is 14.8. The van der Waals surface area contributed by atoms with Crippen LogP contribution in [0.4, 0.5) is 0 Å². The predicted molar refractivity (Wildman–Crippen MR) is 120 cm³/mol. The zero-order chi connectivity index (χ0) is 19.8. The molecule has 1 aliphatic rings. The standard InChI is InChI=1S/C23H29ClN2OS/c1-18-4-3-12-26(15-18)16-19-7-9-21(10-8-19)23(27)25-11-13-28-17-20-5-2-6-22(24)14-20/h2,5-10,14,18H,3-4,11-13,15-17H2,1H3,(H,25,27)/t18-/m0/s1. The number of carbonyl (C=O) groups excluding carboxylic acids is 1. The lowest BCUT2D eigenvalue weighted by atomic mass is 9.99. The second-order valence-electron chi connectivity index (χ2n) is 7.62. The Morgan fingerprint density at radius 1 is 1.21 bits per heavy atom. The lowest BCUT2D eigenvalue weighted by Crippen LogP contribution is -2.33. The molecule has 0 aliphatic carbocycles. The van der Waals surface area contributed by atoms with Crippen molar-refractivity contribution in [2.45, 2.75) is 32.1 Å². The number of nitrogens with zero attached hydrogens (tertiary/aromatic N) is 1. The number of amides is 1. The van der Waals surface area contributed by atoms with Crippen molar-refractivity contribution >= 4 is 29.3 Å². The molecular formula is C23H29ClN2OS. The second-order valence-corrected chi connectivity index (χ2v) is 9.16. The highest BCUT2D eigenvalue weighted by Gasteiger charge is 2.16. The first-order chi connectivity index (χ1) is 13.6. The molecule has 3 rings (SSSR count). The molecule has 0 saturated carbocycles. The van der Waals surface area contributed by atoms with Crippen molar-refractivity contribution < 1.29 is 4.79 Å². The highest BCUT2D eigenvalue weighted by Crippen LogP contribution is 2.18. The predicted octanol–water partition coefficient (Wildman–Crippen LogP) is 5.24. The van der Waals surface area contributed by atoms with E-state index in [-0.39, 0.29) is 5.91 Å². The summed E-state index contributed by atoms with van der Waals surface area (Å²) >= 11 is 7.79. The molecule has 0 aromatic heterocycles. The Balaban J connectivity index is 1.37. The third-order valence-corrected chi connectivity index (χ3v) is 6.32. The quantitative estimate of drug-likeness (QED) is 0.597. The van der Waals surface area contributed by atoms with Gasteiger partial charge in [0.25, 0.3) is 5.91 Å². The first-order valence-electron chi connectivity index (χ1n) is 10.0. The van der Waals surface area contributed by atoms with Crippen LogP contribution in [-0.4, -0.2) is 36.2 Å². The summed E-state index contributed by atoms with van der Waals surface area (Å²) in [6.07, 6.45) is 2.63. The Hall–Kier alpha value is -1.49. The third kappa shape index (κ3) is 6.84. The maximum absolute atomic E-state index is 12.3. The van der Waals surface area contributed by atoms with Gasteiger partial charge in [-0.25, -0.2) is 0 Å². The van der Waals surface area contributed by atoms with E-state index in [1.165, 1.54) is 37.1 Å². The zero-order valence-corrected chi connectivity index (χ0v) is 18.1. The van der Waals surface area contributed by atoms with Crippen LogP contribution in [0.2, 0.25) is 5.02 Å². The molecule has 28 heavy (non-hydrogen) atoms. The average molecular weight is 417 g/mol. The number of nitrogens with one attached hydrogen (secondary N) is 1. The maximum Gasteiger partial charge on any atom is 0.251 e. The molecule has 5 heteroatoms. The van der Waals surface area contributed by atoms with Gasteiger partial charge in [0.15, 0.2) is 0 Å². The molecule has 2 aromatic carbocycles. The summed E-state index contributed by atoms with van der Waals surface area (Å²) < 4.78 is 0. The van der Waals surface area contributed by atoms with Crippen LogP contribution in [0.15, 0.2) is 48.5 Å². The van der Waals surface area contributed by atoms with E-state index in [0.717, 1.165) is 34.6 Å². The number of piperidine rings is 1. The van der Waals surface area contributed by atoms with Crippen molar-refractivity contribution in [3.05, 3.63) is 70.2 Å². The highest BCUT2D eigenvalue weighted by molar-refractivity contribution is 7.98. The molecule has 0 bridgehead atoms. The smallest absolute Gasteiger partial charge is 0.251 e. The Morgan fingerprint density at radius 2 is 2.04 bits per heavy atom. The van der Waals surface area contributed by atoms with E-state index >= 15 is 0 Å². The minimum Gasteiger partial charge on any atom is -0.351 e. The Labute approximate surface area is 177 Å². The number of thioether (sulfide) groups is 1. The highest BCUT2D eigenvalue weighted by atomic mass is 35.5. The zero-order valence-electron chi connectivity index (χ0n) is 16.5. The van der Waals surface area contributed by atoms with Crippen LogP contribution in [0.5, 0.6) is 0 Å². The van der Waals surface area contributed by atoms with E-state index in [1.54, 1.807) is 11.8 Å². The van der Waals surface area contributed by atoms with Crippen molar-refractivity contribution in [2.24, 2.45) is 5.92 Å². The molecule has 3 nitrogen and oxygen atoms in total. The molecule has 0 spiro atoms. The molecule has 1 amide bonds. The molecule has 1 aliphatic heterocycles. The van der Waals surface area contributed by atoms with E-state index < -0.39 is 0 Å². The van der Waals surface area contributed by atoms with E-state index in [0.29, 0.717) is 6.54 Å². The molecule has 1 heterocycles. The minimum absolute atomic E-state index is 0.00139. The topological polar surface area (TPSA) is 32.3 Å². The molecule has 1 saturated heterocycles. The first-order valence-corrected chi connectivity index (χ1v) is 11.5. The van der Waals surface area contributed by atoms with Crippen molar-refractivity contribution in [1.29, 1.82) is 0 Å². The van der Waals surface area contributed by atoms with Crippen molar-refractivity contribution in [3.8, 4) is 0 Å². The number of halogens is 1.